The largest absolute Gasteiger partial charge is 0.313 e. The molecule has 1 saturated heterocycles. The van der Waals surface area contributed by atoms with Gasteiger partial charge in [0.2, 0.25) is 0 Å². The first-order chi connectivity index (χ1) is 9.63. The number of nitrogens with one attached hydrogen (secondary N) is 1. The van der Waals surface area contributed by atoms with Gasteiger partial charge >= 0.3 is 0 Å². The first-order valence-electron chi connectivity index (χ1n) is 6.30. The van der Waals surface area contributed by atoms with E-state index in [9.17, 15) is 14.3 Å². The summed E-state index contributed by atoms with van der Waals surface area (Å²) in [4.78, 5) is 14.6. The van der Waals surface area contributed by atoms with Gasteiger partial charge in [-0.2, -0.15) is 0 Å². The third-order valence-corrected chi connectivity index (χ3v) is 6.10. The molecule has 6 nitrogen and oxygen atoms in total. The Hall–Kier alpha value is -1.38. The molecule has 20 heavy (non-hydrogen) atoms. The van der Waals surface area contributed by atoms with Crippen molar-refractivity contribution in [3.05, 3.63) is 28.3 Å². The minimum Gasteiger partial charge on any atom is -0.313 e. The number of benzene rings is 1. The van der Waals surface area contributed by atoms with Gasteiger partial charge in [-0.3, -0.25) is 14.3 Å². The summed E-state index contributed by atoms with van der Waals surface area (Å²) in [5.74, 6) is 0.557. The van der Waals surface area contributed by atoms with Crippen LogP contribution >= 0.6 is 11.3 Å². The molecule has 1 N–H and O–H groups in total. The highest BCUT2D eigenvalue weighted by Gasteiger charge is 2.20. The monoisotopic (exact) mass is 311 g/mol. The zero-order valence-corrected chi connectivity index (χ0v) is 12.2. The highest BCUT2D eigenvalue weighted by molar-refractivity contribution is 7.87. The summed E-state index contributed by atoms with van der Waals surface area (Å²) < 4.78 is 13.7. The summed E-state index contributed by atoms with van der Waals surface area (Å²) in [6, 6.07) is 4.84. The summed E-state index contributed by atoms with van der Waals surface area (Å²) >= 11 is 1.35. The number of fused-ring (bicyclic) bond motifs is 1. The quantitative estimate of drug-likeness (QED) is 0.690. The topological polar surface area (TPSA) is 85.1 Å². The number of nitro groups is 1. The van der Waals surface area contributed by atoms with Gasteiger partial charge < -0.3 is 5.32 Å². The highest BCUT2D eigenvalue weighted by atomic mass is 32.2. The maximum atomic E-state index is 12.3. The first kappa shape index (κ1) is 13.6. The molecule has 0 amide bonds. The van der Waals surface area contributed by atoms with E-state index in [2.05, 4.69) is 10.3 Å². The minimum atomic E-state index is -1.15. The molecule has 1 fully saturated rings. The normalized spacial score (nSPS) is 20.3. The molecule has 1 aliphatic rings. The van der Waals surface area contributed by atoms with Crippen molar-refractivity contribution in [1.82, 2.24) is 10.3 Å². The van der Waals surface area contributed by atoms with Gasteiger partial charge in [0.1, 0.15) is 0 Å². The van der Waals surface area contributed by atoms with Crippen molar-refractivity contribution in [3.63, 3.8) is 0 Å². The number of non-ortho nitro benzene ring substituents is 1. The molecule has 0 aliphatic carbocycles. The molecule has 2 heterocycles. The standard InChI is InChI=1S/C12H13N3O3S2/c16-15(17)9-3-4-11-10(6-9)14-12(19-11)20(18)7-8-2-1-5-13-8/h3-4,6,8,13H,1-2,5,7H2. The molecule has 2 atom stereocenters. The molecular weight excluding hydrogens is 298 g/mol. The van der Waals surface area contributed by atoms with Crippen molar-refractivity contribution in [2.75, 3.05) is 12.3 Å². The van der Waals surface area contributed by atoms with Crippen molar-refractivity contribution in [2.24, 2.45) is 0 Å². The van der Waals surface area contributed by atoms with Crippen molar-refractivity contribution in [2.45, 2.75) is 23.2 Å². The zero-order chi connectivity index (χ0) is 14.1. The number of thiazole rings is 1. The Morgan fingerprint density at radius 2 is 2.40 bits per heavy atom. The molecule has 0 spiro atoms. The maximum absolute atomic E-state index is 12.3. The van der Waals surface area contributed by atoms with Crippen LogP contribution in [-0.2, 0) is 10.8 Å². The molecule has 1 aliphatic heterocycles. The van der Waals surface area contributed by atoms with E-state index in [-0.39, 0.29) is 11.7 Å². The average Bonchev–Trinajstić information content (AvgIpc) is 3.05. The van der Waals surface area contributed by atoms with Crippen LogP contribution in [0.3, 0.4) is 0 Å². The lowest BCUT2D eigenvalue weighted by molar-refractivity contribution is -0.384. The molecule has 2 unspecified atom stereocenters. The molecule has 8 heteroatoms. The van der Waals surface area contributed by atoms with Gasteiger partial charge in [0, 0.05) is 23.9 Å². The first-order valence-corrected chi connectivity index (χ1v) is 8.44. The summed E-state index contributed by atoms with van der Waals surface area (Å²) in [6.45, 7) is 0.980. The second kappa shape index (κ2) is 5.55. The van der Waals surface area contributed by atoms with Crippen molar-refractivity contribution in [1.29, 1.82) is 0 Å². The Bertz CT molecular complexity index is 680. The molecule has 0 saturated carbocycles. The van der Waals surface area contributed by atoms with Gasteiger partial charge in [-0.1, -0.05) is 0 Å². The predicted molar refractivity (Wildman–Crippen MR) is 78.6 cm³/mol. The summed E-state index contributed by atoms with van der Waals surface area (Å²) in [6.07, 6.45) is 2.16. The van der Waals surface area contributed by atoms with Crippen LogP contribution in [0.2, 0.25) is 0 Å². The Balaban J connectivity index is 1.84. The minimum absolute atomic E-state index is 0.0117. The maximum Gasteiger partial charge on any atom is 0.271 e. The number of nitrogens with zero attached hydrogens (tertiary/aromatic N) is 2. The number of hydrogen-bond acceptors (Lipinski definition) is 6. The molecule has 106 valence electrons. The van der Waals surface area contributed by atoms with E-state index < -0.39 is 15.7 Å². The third kappa shape index (κ3) is 2.72. The molecule has 3 rings (SSSR count). The highest BCUT2D eigenvalue weighted by Crippen LogP contribution is 2.28. The van der Waals surface area contributed by atoms with E-state index in [0.29, 0.717) is 15.6 Å². The van der Waals surface area contributed by atoms with Crippen molar-refractivity contribution >= 4 is 38.0 Å². The van der Waals surface area contributed by atoms with E-state index >= 15 is 0 Å². The Kier molecular flexibility index (Phi) is 3.77. The van der Waals surface area contributed by atoms with E-state index in [1.807, 2.05) is 0 Å². The lowest BCUT2D eigenvalue weighted by Crippen LogP contribution is -2.27. The van der Waals surface area contributed by atoms with Gasteiger partial charge in [0.15, 0.2) is 4.34 Å². The zero-order valence-electron chi connectivity index (χ0n) is 10.6. The average molecular weight is 311 g/mol. The van der Waals surface area contributed by atoms with Crippen LogP contribution < -0.4 is 5.32 Å². The fraction of sp³-hybridized carbons (Fsp3) is 0.417. The molecule has 1 aromatic carbocycles. The summed E-state index contributed by atoms with van der Waals surface area (Å²) in [5.41, 5.74) is 0.560. The Labute approximate surface area is 121 Å². The van der Waals surface area contributed by atoms with Crippen LogP contribution in [0.5, 0.6) is 0 Å². The fourth-order valence-electron chi connectivity index (χ4n) is 2.26. The lowest BCUT2D eigenvalue weighted by atomic mass is 10.3. The van der Waals surface area contributed by atoms with Crippen molar-refractivity contribution < 1.29 is 9.13 Å². The summed E-state index contributed by atoms with van der Waals surface area (Å²) in [7, 11) is -1.15. The molecule has 0 radical (unpaired) electrons. The SMILES string of the molecule is O=[N+]([O-])c1ccc2sc(S(=O)CC3CCCN3)nc2c1. The van der Waals surface area contributed by atoms with Gasteiger partial charge in [0.25, 0.3) is 5.69 Å². The van der Waals surface area contributed by atoms with E-state index in [1.165, 1.54) is 23.5 Å². The Morgan fingerprint density at radius 1 is 1.55 bits per heavy atom. The fourth-order valence-corrected chi connectivity index (χ4v) is 4.77. The van der Waals surface area contributed by atoms with Crippen LogP contribution in [0, 0.1) is 10.1 Å². The van der Waals surface area contributed by atoms with Gasteiger partial charge in [-0.25, -0.2) is 4.98 Å². The molecule has 2 aromatic rings. The lowest BCUT2D eigenvalue weighted by Gasteiger charge is -2.07. The van der Waals surface area contributed by atoms with Gasteiger partial charge in [-0.15, -0.1) is 11.3 Å². The van der Waals surface area contributed by atoms with Crippen LogP contribution in [0.4, 0.5) is 5.69 Å². The Morgan fingerprint density at radius 3 is 3.10 bits per heavy atom. The van der Waals surface area contributed by atoms with Crippen molar-refractivity contribution in [3.8, 4) is 0 Å². The second-order valence-corrected chi connectivity index (χ2v) is 7.39. The number of rotatable bonds is 4. The van der Waals surface area contributed by atoms with Gasteiger partial charge in [0.05, 0.1) is 25.9 Å². The number of nitro benzene ring substituents is 1. The molecule has 1 aromatic heterocycles. The predicted octanol–water partition coefficient (Wildman–Crippen LogP) is 2.06. The third-order valence-electron chi connectivity index (χ3n) is 3.27. The second-order valence-electron chi connectivity index (χ2n) is 4.69. The number of aromatic nitrogens is 1. The summed E-state index contributed by atoms with van der Waals surface area (Å²) in [5, 5.41) is 14.0. The number of hydrogen-bond donors (Lipinski definition) is 1. The van der Waals surface area contributed by atoms with E-state index in [4.69, 9.17) is 0 Å². The molecular formula is C12H13N3O3S2. The van der Waals surface area contributed by atoms with Crippen LogP contribution in [0.15, 0.2) is 22.5 Å². The van der Waals surface area contributed by atoms with E-state index in [0.717, 1.165) is 24.1 Å². The molecule has 0 bridgehead atoms. The smallest absolute Gasteiger partial charge is 0.271 e. The van der Waals surface area contributed by atoms with E-state index in [1.54, 1.807) is 6.07 Å². The van der Waals surface area contributed by atoms with Gasteiger partial charge in [-0.05, 0) is 25.5 Å². The van der Waals surface area contributed by atoms with Crippen LogP contribution in [0.25, 0.3) is 10.2 Å². The van der Waals surface area contributed by atoms with Crippen LogP contribution in [-0.4, -0.2) is 32.5 Å². The van der Waals surface area contributed by atoms with Crippen LogP contribution in [0.1, 0.15) is 12.8 Å².